The van der Waals surface area contributed by atoms with E-state index in [1.807, 2.05) is 0 Å². The summed E-state index contributed by atoms with van der Waals surface area (Å²) in [6.07, 6.45) is 17.2. The number of fused-ring (bicyclic) bond motifs is 21. The fourth-order valence-corrected chi connectivity index (χ4v) is 27.0. The van der Waals surface area contributed by atoms with E-state index >= 15 is 0 Å². The Balaban J connectivity index is 0.000000132. The van der Waals surface area contributed by atoms with Crippen molar-refractivity contribution < 1.29 is 37.7 Å². The fraction of sp³-hybridized carbons (Fsp3) is 0.391. The first-order valence-electron chi connectivity index (χ1n) is 35.3. The van der Waals surface area contributed by atoms with Gasteiger partial charge < -0.3 is 16.1 Å². The monoisotopic (exact) mass is 1290 g/mol. The average molecular weight is 1300 g/mol. The minimum atomic E-state index is -2.00. The molecule has 2 aromatic heterocycles. The predicted molar refractivity (Wildman–Crippen MR) is 406 cm³/mol. The molecule has 8 aliphatic rings. The number of aryl methyl sites for hydroxylation is 6. The van der Waals surface area contributed by atoms with Crippen molar-refractivity contribution in [3.8, 4) is 44.5 Å². The number of para-hydroxylation sites is 2. The molecule has 10 aromatic rings. The summed E-state index contributed by atoms with van der Waals surface area (Å²) in [5, 5.41) is 2.78. The van der Waals surface area contributed by atoms with Gasteiger partial charge in [-0.2, -0.15) is 17.5 Å². The second kappa shape index (κ2) is 28.5. The molecule has 3 heterocycles. The van der Waals surface area contributed by atoms with Crippen LogP contribution < -0.4 is 37.7 Å². The van der Waals surface area contributed by atoms with Gasteiger partial charge in [0.15, 0.2) is 7.38 Å². The molecule has 3 saturated carbocycles. The van der Waals surface area contributed by atoms with Gasteiger partial charge in [-0.25, -0.2) is 0 Å². The maximum absolute atomic E-state index is 6.84. The smallest absolute Gasteiger partial charge is 0.347 e. The molecule has 1 saturated heterocycles. The normalized spacial score (nSPS) is 21.2. The molecule has 0 bridgehead atoms. The molecule has 4 fully saturated rings. The number of aromatic nitrogens is 2. The number of likely N-dealkylation sites (tertiary alicyclic amines) is 1. The third kappa shape index (κ3) is 12.4. The molecule has 7 atom stereocenters. The van der Waals surface area contributed by atoms with Crippen molar-refractivity contribution in [2.75, 3.05) is 7.05 Å². The zero-order chi connectivity index (χ0) is 64.1. The second-order valence-corrected chi connectivity index (χ2v) is 41.8. The van der Waals surface area contributed by atoms with Crippen LogP contribution in [-0.4, -0.2) is 48.6 Å². The summed E-state index contributed by atoms with van der Waals surface area (Å²) in [5.41, 5.74) is 32.7. The fourth-order valence-electron chi connectivity index (χ4n) is 19.8. The van der Waals surface area contributed by atoms with Gasteiger partial charge in [0.25, 0.3) is 0 Å². The van der Waals surface area contributed by atoms with Crippen molar-refractivity contribution in [1.29, 1.82) is 0 Å². The molecule has 0 N–H and O–H groups in total. The number of nitrogens with zero attached hydrogens (tertiary/aromatic N) is 3. The SMILES string of the molecule is C.CN1C2CCCCC2C2C3CCCCC3CC21.Cc1ccc2c(c1)C([Si](C)(C)C1c3ccccc3-c3c1n(C)c1ccccc31)c1cc(C)ccc1-2.Cc1ccc2c(c1)C([Si](C)(C)Cl)c1cc(C)ccc1-2.Cn1c2c(c3ccccc31)-c1ccccc1C2.[CH2-]CCC.[Li+].[Li+]. The Morgan fingerprint density at radius 3 is 1.47 bits per heavy atom. The van der Waals surface area contributed by atoms with E-state index in [9.17, 15) is 0 Å². The van der Waals surface area contributed by atoms with E-state index in [0.29, 0.717) is 16.6 Å². The minimum Gasteiger partial charge on any atom is -0.347 e. The van der Waals surface area contributed by atoms with Gasteiger partial charge in [-0.3, -0.25) is 4.90 Å². The number of hydrogen-bond acceptors (Lipinski definition) is 1. The molecule has 7 aliphatic carbocycles. The summed E-state index contributed by atoms with van der Waals surface area (Å²) in [7, 11) is 3.11. The van der Waals surface area contributed by atoms with Gasteiger partial charge in [-0.1, -0.05) is 259 Å². The second-order valence-electron chi connectivity index (χ2n) is 30.3. The molecule has 3 nitrogen and oxygen atoms in total. The summed E-state index contributed by atoms with van der Waals surface area (Å²) in [6.45, 7) is 24.3. The number of rotatable bonds is 4. The van der Waals surface area contributed by atoms with E-state index in [2.05, 4.69) is 273 Å². The molecular formula is C87H103ClLi2N3Si2+. The summed E-state index contributed by atoms with van der Waals surface area (Å²) in [6, 6.07) is 65.4. The molecule has 8 heteroatoms. The Morgan fingerprint density at radius 2 is 0.926 bits per heavy atom. The Kier molecular flexibility index (Phi) is 21.3. The maximum atomic E-state index is 6.84. The third-order valence-electron chi connectivity index (χ3n) is 23.8. The van der Waals surface area contributed by atoms with Crippen LogP contribution >= 0.6 is 11.1 Å². The van der Waals surface area contributed by atoms with Crippen molar-refractivity contribution in [3.63, 3.8) is 0 Å². The number of unbranched alkanes of at least 4 members (excludes halogenated alkanes) is 1. The van der Waals surface area contributed by atoms with Crippen LogP contribution in [0, 0.1) is 58.3 Å². The molecule has 8 aromatic carbocycles. The van der Waals surface area contributed by atoms with Gasteiger partial charge in [0.1, 0.15) is 0 Å². The van der Waals surface area contributed by atoms with Crippen molar-refractivity contribution in [1.82, 2.24) is 14.0 Å². The first-order valence-corrected chi connectivity index (χ1v) is 42.6. The van der Waals surface area contributed by atoms with Crippen molar-refractivity contribution in [2.45, 2.75) is 174 Å². The zero-order valence-corrected chi connectivity index (χ0v) is 62.0. The minimum absolute atomic E-state index is 0. The quantitative estimate of drug-likeness (QED) is 0.0972. The predicted octanol–water partition coefficient (Wildman–Crippen LogP) is 17.6. The largest absolute Gasteiger partial charge is 1.00 e. The molecule has 18 rings (SSSR count). The van der Waals surface area contributed by atoms with Crippen LogP contribution in [-0.2, 0) is 20.5 Å². The summed E-state index contributed by atoms with van der Waals surface area (Å²) in [5.74, 6) is 4.44. The van der Waals surface area contributed by atoms with Crippen LogP contribution in [0.15, 0.2) is 170 Å². The number of benzene rings is 8. The molecule has 7 unspecified atom stereocenters. The summed E-state index contributed by atoms with van der Waals surface area (Å²) in [4.78, 5) is 2.83. The Hall–Kier alpha value is -5.28. The van der Waals surface area contributed by atoms with E-state index in [1.165, 1.54) is 161 Å². The molecule has 0 amide bonds. The van der Waals surface area contributed by atoms with E-state index in [1.54, 1.807) is 36.8 Å². The summed E-state index contributed by atoms with van der Waals surface area (Å²) < 4.78 is 4.85. The van der Waals surface area contributed by atoms with Gasteiger partial charge in [-0.05, 0) is 163 Å². The topological polar surface area (TPSA) is 13.1 Å². The summed E-state index contributed by atoms with van der Waals surface area (Å²) >= 11 is 6.84. The van der Waals surface area contributed by atoms with Crippen molar-refractivity contribution >= 4 is 48.3 Å². The molecule has 0 radical (unpaired) electrons. The Bertz CT molecular complexity index is 4330. The average Bonchev–Trinajstić information content (AvgIpc) is 1.54. The number of hydrogen-bond donors (Lipinski definition) is 0. The van der Waals surface area contributed by atoms with Gasteiger partial charge in [0.2, 0.25) is 0 Å². The first-order chi connectivity index (χ1) is 44.4. The molecule has 1 aliphatic heterocycles. The Morgan fingerprint density at radius 1 is 0.474 bits per heavy atom. The third-order valence-corrected chi connectivity index (χ3v) is 30.6. The van der Waals surface area contributed by atoms with E-state index in [-0.39, 0.29) is 45.1 Å². The van der Waals surface area contributed by atoms with Gasteiger partial charge >= 0.3 is 37.7 Å². The van der Waals surface area contributed by atoms with E-state index in [0.717, 1.165) is 48.6 Å². The van der Waals surface area contributed by atoms with E-state index < -0.39 is 15.5 Å². The van der Waals surface area contributed by atoms with Crippen LogP contribution in [0.5, 0.6) is 0 Å². The van der Waals surface area contributed by atoms with Crippen LogP contribution in [0.1, 0.15) is 169 Å². The molecule has 95 heavy (non-hydrogen) atoms. The number of halogens is 1. The zero-order valence-electron chi connectivity index (χ0n) is 59.3. The van der Waals surface area contributed by atoms with Crippen LogP contribution in [0.4, 0.5) is 0 Å². The Labute approximate surface area is 602 Å². The first kappa shape index (κ1) is 71.0. The van der Waals surface area contributed by atoms with Crippen molar-refractivity contribution in [2.24, 2.45) is 37.8 Å². The molecule has 0 spiro atoms. The van der Waals surface area contributed by atoms with Crippen LogP contribution in [0.2, 0.25) is 26.2 Å². The van der Waals surface area contributed by atoms with Crippen LogP contribution in [0.3, 0.4) is 0 Å². The van der Waals surface area contributed by atoms with Gasteiger partial charge in [-0.15, -0.1) is 0 Å². The molecule has 482 valence electrons. The van der Waals surface area contributed by atoms with E-state index in [4.69, 9.17) is 11.1 Å². The maximum Gasteiger partial charge on any atom is 1.00 e. The van der Waals surface area contributed by atoms with Crippen LogP contribution in [0.25, 0.3) is 66.3 Å². The standard InChI is InChI=1S/C33H31NSi.C17H19ClSi.C16H27N.C16H13N.C4H9.CH4.2Li/c1-20-14-16-22-23-17-15-21(2)19-28(23)32(27(22)18-20)35(4,5)33-25-11-7-6-10-24(25)30-26-12-8-9-13-29(26)34(3)31(30)33;1-11-5-7-13-14-8-6-12(2)10-16(14)17(15(13)9-11)19(3,4)18;2*1-17-14-9-5-4-8-13(14)16-12-7-3-2-6-11(12)10-15(16)17;1-3-4-2;;;/h6-19,32-33H,1-5H3;5-10,17H,1-4H3;11-16H,2-10H2,1H3;2-9H,10H2,1H3;1,3-4H2,2H3;1H4;;/q;;;;-1;;2*+1. The van der Waals surface area contributed by atoms with Gasteiger partial charge in [0, 0.05) is 93.5 Å². The molecular weight excluding hydrogens is 1190 g/mol. The van der Waals surface area contributed by atoms with Crippen molar-refractivity contribution in [3.05, 3.63) is 244 Å². The van der Waals surface area contributed by atoms with Gasteiger partial charge in [0.05, 0.1) is 8.07 Å².